The van der Waals surface area contributed by atoms with E-state index < -0.39 is 23.5 Å². The van der Waals surface area contributed by atoms with Crippen LogP contribution in [0.2, 0.25) is 0 Å². The number of hydrogen-bond acceptors (Lipinski definition) is 3. The van der Waals surface area contributed by atoms with Crippen LogP contribution in [0, 0.1) is 11.3 Å². The van der Waals surface area contributed by atoms with Crippen LogP contribution in [0.15, 0.2) is 12.1 Å². The number of carbonyl (C=O) groups is 1. The summed E-state index contributed by atoms with van der Waals surface area (Å²) in [6.07, 6.45) is -2.94. The molecule has 0 unspecified atom stereocenters. The molecule has 0 aliphatic rings. The molecule has 0 atom stereocenters. The van der Waals surface area contributed by atoms with Gasteiger partial charge < -0.3 is 10.8 Å². The summed E-state index contributed by atoms with van der Waals surface area (Å²) in [4.78, 5) is 10.7. The first-order valence-electron chi connectivity index (χ1n) is 4.29. The van der Waals surface area contributed by atoms with E-state index in [1.165, 1.54) is 0 Å². The van der Waals surface area contributed by atoms with Crippen LogP contribution < -0.4 is 5.73 Å². The average Bonchev–Trinajstić information content (AvgIpc) is 2.26. The standard InChI is InChI=1S/C10H8F2N2O2/c11-9(12)7-1-5(3-13)6(4-14)2-8(7)10(15)16/h1-2,9H,4,14H2,(H,15,16). The van der Waals surface area contributed by atoms with E-state index in [0.29, 0.717) is 0 Å². The van der Waals surface area contributed by atoms with E-state index in [2.05, 4.69) is 0 Å². The van der Waals surface area contributed by atoms with E-state index in [9.17, 15) is 13.6 Å². The molecule has 0 saturated heterocycles. The quantitative estimate of drug-likeness (QED) is 0.820. The van der Waals surface area contributed by atoms with Gasteiger partial charge in [0.2, 0.25) is 0 Å². The number of aromatic carboxylic acids is 1. The van der Waals surface area contributed by atoms with Crippen molar-refractivity contribution in [2.24, 2.45) is 5.73 Å². The largest absolute Gasteiger partial charge is 0.478 e. The second kappa shape index (κ2) is 4.68. The predicted molar refractivity (Wildman–Crippen MR) is 51.0 cm³/mol. The molecule has 0 bridgehead atoms. The topological polar surface area (TPSA) is 87.1 Å². The monoisotopic (exact) mass is 226 g/mol. The molecule has 0 aliphatic carbocycles. The molecule has 0 saturated carbocycles. The third-order valence-corrected chi connectivity index (χ3v) is 2.08. The van der Waals surface area contributed by atoms with Crippen molar-refractivity contribution in [3.8, 4) is 6.07 Å². The lowest BCUT2D eigenvalue weighted by Crippen LogP contribution is -2.08. The average molecular weight is 226 g/mol. The second-order valence-corrected chi connectivity index (χ2v) is 3.02. The van der Waals surface area contributed by atoms with Crippen LogP contribution in [-0.4, -0.2) is 11.1 Å². The molecule has 0 spiro atoms. The molecule has 6 heteroatoms. The summed E-state index contributed by atoms with van der Waals surface area (Å²) in [5.74, 6) is -1.46. The van der Waals surface area contributed by atoms with E-state index in [4.69, 9.17) is 16.1 Å². The van der Waals surface area contributed by atoms with Gasteiger partial charge in [0.1, 0.15) is 0 Å². The smallest absolute Gasteiger partial charge is 0.336 e. The Morgan fingerprint density at radius 1 is 1.56 bits per heavy atom. The molecule has 16 heavy (non-hydrogen) atoms. The Bertz CT molecular complexity index is 467. The third-order valence-electron chi connectivity index (χ3n) is 2.08. The highest BCUT2D eigenvalue weighted by Crippen LogP contribution is 2.26. The summed E-state index contributed by atoms with van der Waals surface area (Å²) >= 11 is 0. The maximum Gasteiger partial charge on any atom is 0.336 e. The van der Waals surface area contributed by atoms with Crippen molar-refractivity contribution in [3.05, 3.63) is 34.4 Å². The van der Waals surface area contributed by atoms with E-state index in [-0.39, 0.29) is 17.7 Å². The van der Waals surface area contributed by atoms with E-state index in [1.807, 2.05) is 0 Å². The fourth-order valence-electron chi connectivity index (χ4n) is 1.30. The minimum Gasteiger partial charge on any atom is -0.478 e. The number of halogens is 2. The molecule has 0 heterocycles. The maximum absolute atomic E-state index is 12.5. The molecule has 0 aliphatic heterocycles. The Morgan fingerprint density at radius 3 is 2.56 bits per heavy atom. The fourth-order valence-corrected chi connectivity index (χ4v) is 1.30. The Hall–Kier alpha value is -2.00. The van der Waals surface area contributed by atoms with Crippen molar-refractivity contribution in [2.75, 3.05) is 0 Å². The second-order valence-electron chi connectivity index (χ2n) is 3.02. The molecule has 0 aromatic heterocycles. The van der Waals surface area contributed by atoms with E-state index >= 15 is 0 Å². The number of rotatable bonds is 3. The van der Waals surface area contributed by atoms with Gasteiger partial charge in [-0.15, -0.1) is 0 Å². The van der Waals surface area contributed by atoms with Crippen molar-refractivity contribution in [2.45, 2.75) is 13.0 Å². The molecule has 84 valence electrons. The Labute approximate surface area is 89.9 Å². The van der Waals surface area contributed by atoms with Crippen molar-refractivity contribution < 1.29 is 18.7 Å². The summed E-state index contributed by atoms with van der Waals surface area (Å²) < 4.78 is 25.1. The van der Waals surface area contributed by atoms with Crippen LogP contribution in [-0.2, 0) is 6.54 Å². The Morgan fingerprint density at radius 2 is 2.19 bits per heavy atom. The number of hydrogen-bond donors (Lipinski definition) is 2. The first-order chi connectivity index (χ1) is 7.51. The zero-order chi connectivity index (χ0) is 12.3. The van der Waals surface area contributed by atoms with Crippen molar-refractivity contribution in [3.63, 3.8) is 0 Å². The van der Waals surface area contributed by atoms with Crippen molar-refractivity contribution in [1.29, 1.82) is 5.26 Å². The van der Waals surface area contributed by atoms with Gasteiger partial charge in [-0.25, -0.2) is 13.6 Å². The van der Waals surface area contributed by atoms with E-state index in [1.54, 1.807) is 6.07 Å². The van der Waals surface area contributed by atoms with Crippen LogP contribution in [0.4, 0.5) is 8.78 Å². The number of benzene rings is 1. The molecule has 1 rings (SSSR count). The van der Waals surface area contributed by atoms with Gasteiger partial charge in [-0.2, -0.15) is 5.26 Å². The highest BCUT2D eigenvalue weighted by atomic mass is 19.3. The van der Waals surface area contributed by atoms with Crippen LogP contribution in [0.3, 0.4) is 0 Å². The third kappa shape index (κ3) is 2.15. The summed E-state index contributed by atoms with van der Waals surface area (Å²) in [5.41, 5.74) is 4.32. The van der Waals surface area contributed by atoms with Crippen LogP contribution >= 0.6 is 0 Å². The van der Waals surface area contributed by atoms with E-state index in [0.717, 1.165) is 12.1 Å². The highest BCUT2D eigenvalue weighted by Gasteiger charge is 2.20. The van der Waals surface area contributed by atoms with Crippen LogP contribution in [0.5, 0.6) is 0 Å². The van der Waals surface area contributed by atoms with Gasteiger partial charge in [0, 0.05) is 12.1 Å². The van der Waals surface area contributed by atoms with Gasteiger partial charge in [-0.3, -0.25) is 0 Å². The zero-order valence-electron chi connectivity index (χ0n) is 8.08. The molecular formula is C10H8F2N2O2. The van der Waals surface area contributed by atoms with Crippen molar-refractivity contribution in [1.82, 2.24) is 0 Å². The maximum atomic E-state index is 12.5. The first-order valence-corrected chi connectivity index (χ1v) is 4.29. The SMILES string of the molecule is N#Cc1cc(C(F)F)c(C(=O)O)cc1CN. The normalized spacial score (nSPS) is 10.2. The summed E-state index contributed by atoms with van der Waals surface area (Å²) in [6, 6.07) is 3.59. The number of alkyl halides is 2. The zero-order valence-corrected chi connectivity index (χ0v) is 8.08. The molecule has 4 nitrogen and oxygen atoms in total. The van der Waals surface area contributed by atoms with Gasteiger partial charge in [0.25, 0.3) is 6.43 Å². The number of nitrogens with two attached hydrogens (primary N) is 1. The summed E-state index contributed by atoms with van der Waals surface area (Å²) in [7, 11) is 0. The Kier molecular flexibility index (Phi) is 3.53. The highest BCUT2D eigenvalue weighted by molar-refractivity contribution is 5.90. The minimum absolute atomic E-state index is 0.0252. The molecule has 1 aromatic rings. The lowest BCUT2D eigenvalue weighted by Gasteiger charge is -2.08. The number of nitriles is 1. The lowest BCUT2D eigenvalue weighted by molar-refractivity contribution is 0.0684. The predicted octanol–water partition coefficient (Wildman–Crippen LogP) is 1.65. The lowest BCUT2D eigenvalue weighted by atomic mass is 9.99. The molecule has 0 amide bonds. The fraction of sp³-hybridized carbons (Fsp3) is 0.200. The first kappa shape index (κ1) is 12.1. The molecule has 3 N–H and O–H groups in total. The van der Waals surface area contributed by atoms with Crippen molar-refractivity contribution >= 4 is 5.97 Å². The van der Waals surface area contributed by atoms with Gasteiger partial charge in [0.05, 0.1) is 17.2 Å². The molecule has 1 aromatic carbocycles. The summed E-state index contributed by atoms with van der Waals surface area (Å²) in [6.45, 7) is -0.0767. The Balaban J connectivity index is 3.49. The van der Waals surface area contributed by atoms with Gasteiger partial charge in [0.15, 0.2) is 0 Å². The number of nitrogens with zero attached hydrogens (tertiary/aromatic N) is 1. The van der Waals surface area contributed by atoms with Gasteiger partial charge in [-0.05, 0) is 17.7 Å². The number of carboxylic acid groups (broad SMARTS) is 1. The van der Waals surface area contributed by atoms with Gasteiger partial charge >= 0.3 is 5.97 Å². The van der Waals surface area contributed by atoms with Gasteiger partial charge in [-0.1, -0.05) is 0 Å². The number of carboxylic acids is 1. The molecule has 0 fully saturated rings. The van der Waals surface area contributed by atoms with Crippen LogP contribution in [0.1, 0.15) is 33.5 Å². The molecular weight excluding hydrogens is 218 g/mol. The summed E-state index contributed by atoms with van der Waals surface area (Å²) in [5, 5.41) is 17.4. The minimum atomic E-state index is -2.94. The van der Waals surface area contributed by atoms with Crippen LogP contribution in [0.25, 0.3) is 0 Å². The molecule has 0 radical (unpaired) electrons.